The van der Waals surface area contributed by atoms with E-state index in [1.54, 1.807) is 0 Å². The van der Waals surface area contributed by atoms with Gasteiger partial charge in [-0.1, -0.05) is 80.5 Å². The Morgan fingerprint density at radius 1 is 1.04 bits per heavy atom. The monoisotopic (exact) mass is 304 g/mol. The fraction of sp³-hybridized carbons (Fsp3) is 0.304. The van der Waals surface area contributed by atoms with Crippen molar-refractivity contribution in [2.45, 2.75) is 47.0 Å². The van der Waals surface area contributed by atoms with E-state index in [4.69, 9.17) is 0 Å². The Hall–Kier alpha value is -2.26. The second kappa shape index (κ2) is 10.5. The molecule has 0 saturated carbocycles. The first-order chi connectivity index (χ1) is 11.2. The summed E-state index contributed by atoms with van der Waals surface area (Å²) in [5.74, 6) is 6.34. The molecule has 0 fully saturated rings. The van der Waals surface area contributed by atoms with Gasteiger partial charge in [0.2, 0.25) is 0 Å². The summed E-state index contributed by atoms with van der Waals surface area (Å²) >= 11 is 0. The van der Waals surface area contributed by atoms with Crippen molar-refractivity contribution in [1.29, 1.82) is 0 Å². The third kappa shape index (κ3) is 6.17. The van der Waals surface area contributed by atoms with E-state index in [1.807, 2.05) is 19.9 Å². The maximum Gasteiger partial charge on any atom is 0.0275 e. The first-order valence-corrected chi connectivity index (χ1v) is 8.44. The number of benzene rings is 1. The lowest BCUT2D eigenvalue weighted by Gasteiger charge is -2.07. The van der Waals surface area contributed by atoms with Crippen LogP contribution in [0.3, 0.4) is 0 Å². The Morgan fingerprint density at radius 3 is 2.39 bits per heavy atom. The fourth-order valence-corrected chi connectivity index (χ4v) is 2.26. The minimum atomic E-state index is 0.877. The normalized spacial score (nSPS) is 14.5. The highest BCUT2D eigenvalue weighted by atomic mass is 14.1. The van der Waals surface area contributed by atoms with E-state index in [-0.39, 0.29) is 0 Å². The van der Waals surface area contributed by atoms with Crippen molar-refractivity contribution >= 4 is 11.1 Å². The number of allylic oxidation sites excluding steroid dienone is 7. The second-order valence-electron chi connectivity index (χ2n) is 5.33. The van der Waals surface area contributed by atoms with Gasteiger partial charge in [-0.2, -0.15) is 0 Å². The summed E-state index contributed by atoms with van der Waals surface area (Å²) in [6.45, 7) is 12.0. The van der Waals surface area contributed by atoms with Crippen molar-refractivity contribution < 1.29 is 0 Å². The van der Waals surface area contributed by atoms with Gasteiger partial charge in [-0.15, -0.1) is 5.92 Å². The highest BCUT2D eigenvalue weighted by Crippen LogP contribution is 2.24. The lowest BCUT2D eigenvalue weighted by Crippen LogP contribution is -1.86. The molecule has 0 heteroatoms. The molecular formula is C23H28. The van der Waals surface area contributed by atoms with Crippen molar-refractivity contribution in [2.75, 3.05) is 0 Å². The maximum absolute atomic E-state index is 3.77. The van der Waals surface area contributed by atoms with E-state index in [9.17, 15) is 0 Å². The molecule has 0 saturated heterocycles. The summed E-state index contributed by atoms with van der Waals surface area (Å²) in [7, 11) is 0. The smallest absolute Gasteiger partial charge is 0.0275 e. The van der Waals surface area contributed by atoms with Gasteiger partial charge in [0.15, 0.2) is 0 Å². The summed E-state index contributed by atoms with van der Waals surface area (Å²) in [4.78, 5) is 0. The van der Waals surface area contributed by atoms with E-state index in [1.165, 1.54) is 27.8 Å². The van der Waals surface area contributed by atoms with Crippen LogP contribution in [0.4, 0.5) is 0 Å². The van der Waals surface area contributed by atoms with E-state index < -0.39 is 0 Å². The number of rotatable bonds is 4. The average molecular weight is 304 g/mol. The van der Waals surface area contributed by atoms with Gasteiger partial charge in [-0.3, -0.25) is 0 Å². The molecular weight excluding hydrogens is 276 g/mol. The molecule has 0 bridgehead atoms. The van der Waals surface area contributed by atoms with Crippen LogP contribution in [0.15, 0.2) is 60.7 Å². The molecule has 23 heavy (non-hydrogen) atoms. The Kier molecular flexibility index (Phi) is 8.55. The number of hydrogen-bond donors (Lipinski definition) is 0. The molecule has 0 aliphatic heterocycles. The van der Waals surface area contributed by atoms with Crippen LogP contribution in [0, 0.1) is 11.8 Å². The molecule has 1 aliphatic carbocycles. The van der Waals surface area contributed by atoms with E-state index in [0.29, 0.717) is 0 Å². The van der Waals surface area contributed by atoms with Crippen molar-refractivity contribution in [3.05, 3.63) is 71.8 Å². The van der Waals surface area contributed by atoms with Gasteiger partial charge >= 0.3 is 0 Å². The second-order valence-corrected chi connectivity index (χ2v) is 5.33. The van der Waals surface area contributed by atoms with Crippen LogP contribution in [0.1, 0.15) is 58.1 Å². The Morgan fingerprint density at radius 2 is 1.74 bits per heavy atom. The van der Waals surface area contributed by atoms with Crippen molar-refractivity contribution in [1.82, 2.24) is 0 Å². The summed E-state index contributed by atoms with van der Waals surface area (Å²) < 4.78 is 0. The molecule has 120 valence electrons. The molecule has 0 amide bonds. The van der Waals surface area contributed by atoms with Gasteiger partial charge in [-0.25, -0.2) is 0 Å². The molecule has 1 aliphatic rings. The van der Waals surface area contributed by atoms with E-state index in [2.05, 4.69) is 74.8 Å². The molecule has 2 rings (SSSR count). The van der Waals surface area contributed by atoms with Crippen molar-refractivity contribution in [3.8, 4) is 11.8 Å². The molecule has 0 atom stereocenters. The zero-order valence-corrected chi connectivity index (χ0v) is 14.9. The summed E-state index contributed by atoms with van der Waals surface area (Å²) in [6.07, 6.45) is 11.3. The third-order valence-electron chi connectivity index (χ3n) is 3.72. The van der Waals surface area contributed by atoms with Crippen LogP contribution in [0.5, 0.6) is 0 Å². The summed E-state index contributed by atoms with van der Waals surface area (Å²) in [5, 5.41) is 0. The molecule has 0 unspecified atom stereocenters. The predicted molar refractivity (Wildman–Crippen MR) is 105 cm³/mol. The molecule has 1 aromatic rings. The first-order valence-electron chi connectivity index (χ1n) is 8.44. The maximum atomic E-state index is 3.77. The Balaban J connectivity index is 0.00000127. The van der Waals surface area contributed by atoms with Crippen LogP contribution < -0.4 is 0 Å². The zero-order valence-electron chi connectivity index (χ0n) is 14.9. The van der Waals surface area contributed by atoms with Crippen LogP contribution in [-0.2, 0) is 0 Å². The molecule has 0 N–H and O–H groups in total. The molecule has 0 nitrogen and oxygen atoms in total. The van der Waals surface area contributed by atoms with Crippen LogP contribution in [-0.4, -0.2) is 0 Å². The van der Waals surface area contributed by atoms with Gasteiger partial charge in [-0.05, 0) is 42.5 Å². The summed E-state index contributed by atoms with van der Waals surface area (Å²) in [6, 6.07) is 8.83. The zero-order chi connectivity index (χ0) is 17.1. The van der Waals surface area contributed by atoms with Gasteiger partial charge in [0.1, 0.15) is 0 Å². The standard InChI is InChI=1S/C21H22.C2H6/c1-4-17(2)11-12-18(3)19-13-15-21(16-14-19)20-9-7-5-6-8-10-20;1-2/h4,9,11-16H,1,7-8,10H2,2-3H3;1-2H3/b17-11-,18-12+;. The van der Waals surface area contributed by atoms with Gasteiger partial charge in [0, 0.05) is 12.8 Å². The highest BCUT2D eigenvalue weighted by Gasteiger charge is 2.03. The quantitative estimate of drug-likeness (QED) is 0.423. The van der Waals surface area contributed by atoms with Gasteiger partial charge < -0.3 is 0 Å². The summed E-state index contributed by atoms with van der Waals surface area (Å²) in [5.41, 5.74) is 6.42. The Bertz CT molecular complexity index is 652. The largest absolute Gasteiger partial charge is 0.103 e. The highest BCUT2D eigenvalue weighted by molar-refractivity contribution is 5.71. The SMILES string of the molecule is C=C/C(C)=C\C=C(/C)c1ccc(C2=CCC#CCC2)cc1.CC. The molecule has 0 aromatic heterocycles. The predicted octanol–water partition coefficient (Wildman–Crippen LogP) is 6.82. The van der Waals surface area contributed by atoms with E-state index in [0.717, 1.165) is 19.3 Å². The lowest BCUT2D eigenvalue weighted by atomic mass is 9.98. The Labute approximate surface area is 142 Å². The molecule has 0 radical (unpaired) electrons. The van der Waals surface area contributed by atoms with Crippen molar-refractivity contribution in [2.24, 2.45) is 0 Å². The van der Waals surface area contributed by atoms with Gasteiger partial charge in [0.25, 0.3) is 0 Å². The molecule has 1 aromatic carbocycles. The minimum absolute atomic E-state index is 0.877. The van der Waals surface area contributed by atoms with Crippen LogP contribution in [0.2, 0.25) is 0 Å². The number of hydrogen-bond acceptors (Lipinski definition) is 0. The average Bonchev–Trinajstić information content (AvgIpc) is 2.90. The van der Waals surface area contributed by atoms with Gasteiger partial charge in [0.05, 0.1) is 0 Å². The van der Waals surface area contributed by atoms with Crippen molar-refractivity contribution in [3.63, 3.8) is 0 Å². The lowest BCUT2D eigenvalue weighted by molar-refractivity contribution is 1.11. The molecule has 0 heterocycles. The molecule has 0 spiro atoms. The fourth-order valence-electron chi connectivity index (χ4n) is 2.26. The topological polar surface area (TPSA) is 0 Å². The van der Waals surface area contributed by atoms with Crippen LogP contribution >= 0.6 is 0 Å². The first kappa shape index (κ1) is 18.8. The van der Waals surface area contributed by atoms with E-state index >= 15 is 0 Å². The minimum Gasteiger partial charge on any atom is -0.103 e. The third-order valence-corrected chi connectivity index (χ3v) is 3.72. The van der Waals surface area contributed by atoms with Crippen LogP contribution in [0.25, 0.3) is 11.1 Å².